The van der Waals surface area contributed by atoms with Crippen LogP contribution < -0.4 is 9.47 Å². The molecule has 0 saturated carbocycles. The van der Waals surface area contributed by atoms with Gasteiger partial charge in [0.05, 0.1) is 6.20 Å². The maximum Gasteiger partial charge on any atom is 0.573 e. The fraction of sp³-hybridized carbons (Fsp3) is 0.286. The number of fused-ring (bicyclic) bond motifs is 1. The normalized spacial score (nSPS) is 14.8. The van der Waals surface area contributed by atoms with E-state index in [1.54, 1.807) is 16.8 Å². The van der Waals surface area contributed by atoms with Crippen LogP contribution in [0.3, 0.4) is 0 Å². The predicted molar refractivity (Wildman–Crippen MR) is 101 cm³/mol. The molecule has 0 spiro atoms. The number of ether oxygens (including phenoxy) is 2. The number of nitrogens with zero attached hydrogens (tertiary/aromatic N) is 3. The summed E-state index contributed by atoms with van der Waals surface area (Å²) in [5.41, 5.74) is 3.89. The molecule has 8 heteroatoms. The lowest BCUT2D eigenvalue weighted by molar-refractivity contribution is -0.274. The van der Waals surface area contributed by atoms with E-state index in [-0.39, 0.29) is 5.75 Å². The molecule has 2 aromatic carbocycles. The van der Waals surface area contributed by atoms with Gasteiger partial charge in [0.2, 0.25) is 0 Å². The second kappa shape index (κ2) is 7.79. The number of hydrogen-bond acceptors (Lipinski definition) is 4. The van der Waals surface area contributed by atoms with Gasteiger partial charge >= 0.3 is 6.36 Å². The van der Waals surface area contributed by atoms with Gasteiger partial charge in [-0.15, -0.1) is 13.2 Å². The minimum absolute atomic E-state index is 0.234. The minimum atomic E-state index is -4.69. The highest BCUT2D eigenvalue weighted by molar-refractivity contribution is 5.66. The first-order chi connectivity index (χ1) is 13.9. The van der Waals surface area contributed by atoms with Crippen LogP contribution in [0.15, 0.2) is 54.9 Å². The smallest absolute Gasteiger partial charge is 0.492 e. The van der Waals surface area contributed by atoms with E-state index in [9.17, 15) is 13.2 Å². The Morgan fingerprint density at radius 3 is 2.55 bits per heavy atom. The number of rotatable bonds is 4. The third kappa shape index (κ3) is 4.89. The Kier molecular flexibility index (Phi) is 5.19. The first-order valence-corrected chi connectivity index (χ1v) is 9.17. The van der Waals surface area contributed by atoms with Gasteiger partial charge in [0.25, 0.3) is 0 Å². The molecule has 3 aromatic rings. The molecule has 152 valence electrons. The molecular weight excluding hydrogens is 383 g/mol. The molecule has 0 aliphatic carbocycles. The molecule has 0 atom stereocenters. The molecule has 0 N–H and O–H groups in total. The largest absolute Gasteiger partial charge is 0.573 e. The first kappa shape index (κ1) is 19.3. The average molecular weight is 403 g/mol. The van der Waals surface area contributed by atoms with Crippen molar-refractivity contribution in [1.82, 2.24) is 14.7 Å². The summed E-state index contributed by atoms with van der Waals surface area (Å²) in [6, 6.07) is 11.7. The van der Waals surface area contributed by atoms with Crippen LogP contribution in [0.25, 0.3) is 11.1 Å². The Hall–Kier alpha value is -3.00. The maximum atomic E-state index is 12.3. The molecule has 1 aliphatic heterocycles. The van der Waals surface area contributed by atoms with Gasteiger partial charge < -0.3 is 9.47 Å². The zero-order chi connectivity index (χ0) is 20.4. The quantitative estimate of drug-likeness (QED) is 0.648. The second-order valence-corrected chi connectivity index (χ2v) is 6.98. The number of halogens is 3. The van der Waals surface area contributed by atoms with E-state index in [4.69, 9.17) is 4.74 Å². The topological polar surface area (TPSA) is 39.5 Å². The Morgan fingerprint density at radius 1 is 1.10 bits per heavy atom. The van der Waals surface area contributed by atoms with Crippen molar-refractivity contribution in [3.05, 3.63) is 66.0 Å². The monoisotopic (exact) mass is 403 g/mol. The molecule has 1 aliphatic rings. The molecule has 0 radical (unpaired) electrons. The summed E-state index contributed by atoms with van der Waals surface area (Å²) < 4.78 is 48.6. The summed E-state index contributed by atoms with van der Waals surface area (Å²) in [4.78, 5) is 2.28. The van der Waals surface area contributed by atoms with Crippen LogP contribution in [-0.2, 0) is 20.1 Å². The van der Waals surface area contributed by atoms with Gasteiger partial charge in [-0.3, -0.25) is 9.58 Å². The number of aryl methyl sites for hydroxylation is 1. The first-order valence-electron chi connectivity index (χ1n) is 9.17. The van der Waals surface area contributed by atoms with Gasteiger partial charge in [-0.25, -0.2) is 0 Å². The van der Waals surface area contributed by atoms with E-state index < -0.39 is 6.36 Å². The van der Waals surface area contributed by atoms with Gasteiger partial charge in [-0.1, -0.05) is 18.2 Å². The fourth-order valence-electron chi connectivity index (χ4n) is 3.42. The van der Waals surface area contributed by atoms with E-state index >= 15 is 0 Å². The molecule has 0 saturated heterocycles. The van der Waals surface area contributed by atoms with Crippen LogP contribution in [0.1, 0.15) is 11.1 Å². The molecule has 4 rings (SSSR count). The van der Waals surface area contributed by atoms with Crippen LogP contribution in [0.5, 0.6) is 11.5 Å². The molecular formula is C21H20F3N3O2. The summed E-state index contributed by atoms with van der Waals surface area (Å²) in [5.74, 6) is 0.599. The van der Waals surface area contributed by atoms with E-state index in [0.29, 0.717) is 13.2 Å². The van der Waals surface area contributed by atoms with Crippen molar-refractivity contribution in [3.63, 3.8) is 0 Å². The van der Waals surface area contributed by atoms with Crippen LogP contribution in [-0.4, -0.2) is 34.2 Å². The highest BCUT2D eigenvalue weighted by Gasteiger charge is 2.31. The van der Waals surface area contributed by atoms with Gasteiger partial charge in [-0.05, 0) is 35.4 Å². The van der Waals surface area contributed by atoms with Crippen molar-refractivity contribution in [2.24, 2.45) is 7.05 Å². The highest BCUT2D eigenvalue weighted by atomic mass is 19.4. The number of hydrogen-bond donors (Lipinski definition) is 0. The van der Waals surface area contributed by atoms with E-state index in [0.717, 1.165) is 41.1 Å². The molecule has 1 aromatic heterocycles. The Balaban J connectivity index is 1.53. The van der Waals surface area contributed by atoms with Crippen LogP contribution >= 0.6 is 0 Å². The molecule has 0 bridgehead atoms. The highest BCUT2D eigenvalue weighted by Crippen LogP contribution is 2.31. The zero-order valence-corrected chi connectivity index (χ0v) is 15.8. The lowest BCUT2D eigenvalue weighted by Crippen LogP contribution is -2.25. The average Bonchev–Trinajstić information content (AvgIpc) is 2.95. The van der Waals surface area contributed by atoms with E-state index in [1.807, 2.05) is 37.6 Å². The molecule has 5 nitrogen and oxygen atoms in total. The molecule has 29 heavy (non-hydrogen) atoms. The van der Waals surface area contributed by atoms with Crippen LogP contribution in [0, 0.1) is 0 Å². The summed E-state index contributed by atoms with van der Waals surface area (Å²) in [5, 5.41) is 4.21. The number of aromatic nitrogens is 2. The predicted octanol–water partition coefficient (Wildman–Crippen LogP) is 4.38. The minimum Gasteiger partial charge on any atom is -0.492 e. The standard InChI is InChI=1S/C21H20F3N3O2/c1-26-12-15(11-25-26)13-27-8-9-28-20-7-4-17(10-18(20)14-27)16-2-5-19(6-3-16)29-21(22,23)24/h2-7,10-12H,8-9,13-14H2,1H3. The van der Waals surface area contributed by atoms with Crippen molar-refractivity contribution in [2.45, 2.75) is 19.5 Å². The second-order valence-electron chi connectivity index (χ2n) is 6.98. The van der Waals surface area contributed by atoms with Gasteiger partial charge in [0, 0.05) is 44.0 Å². The van der Waals surface area contributed by atoms with E-state index in [2.05, 4.69) is 14.7 Å². The van der Waals surface area contributed by atoms with Crippen molar-refractivity contribution < 1.29 is 22.6 Å². The SMILES string of the molecule is Cn1cc(CN2CCOc3ccc(-c4ccc(OC(F)(F)F)cc4)cc3C2)cn1. The number of alkyl halides is 3. The van der Waals surface area contributed by atoms with Crippen molar-refractivity contribution in [3.8, 4) is 22.6 Å². The van der Waals surface area contributed by atoms with Gasteiger partial charge in [-0.2, -0.15) is 5.10 Å². The summed E-state index contributed by atoms with van der Waals surface area (Å²) >= 11 is 0. The van der Waals surface area contributed by atoms with Crippen LogP contribution in [0.2, 0.25) is 0 Å². The fourth-order valence-corrected chi connectivity index (χ4v) is 3.42. The van der Waals surface area contributed by atoms with Gasteiger partial charge in [0.15, 0.2) is 0 Å². The lowest BCUT2D eigenvalue weighted by Gasteiger charge is -2.18. The number of benzene rings is 2. The Labute approximate surface area is 166 Å². The summed E-state index contributed by atoms with van der Waals surface area (Å²) in [6.45, 7) is 2.87. The maximum absolute atomic E-state index is 12.3. The van der Waals surface area contributed by atoms with Crippen molar-refractivity contribution in [1.29, 1.82) is 0 Å². The molecule has 0 fully saturated rings. The summed E-state index contributed by atoms with van der Waals surface area (Å²) in [6.07, 6.45) is -0.845. The molecule has 0 amide bonds. The third-order valence-corrected chi connectivity index (χ3v) is 4.71. The van der Waals surface area contributed by atoms with E-state index in [1.165, 1.54) is 12.1 Å². The van der Waals surface area contributed by atoms with Crippen molar-refractivity contribution in [2.75, 3.05) is 13.2 Å². The lowest BCUT2D eigenvalue weighted by atomic mass is 10.0. The Bertz CT molecular complexity index is 984. The van der Waals surface area contributed by atoms with Crippen LogP contribution in [0.4, 0.5) is 13.2 Å². The third-order valence-electron chi connectivity index (χ3n) is 4.71. The summed E-state index contributed by atoms with van der Waals surface area (Å²) in [7, 11) is 1.89. The van der Waals surface area contributed by atoms with Gasteiger partial charge in [0.1, 0.15) is 18.1 Å². The molecule has 2 heterocycles. The van der Waals surface area contributed by atoms with Crippen molar-refractivity contribution >= 4 is 0 Å². The molecule has 0 unspecified atom stereocenters. The Morgan fingerprint density at radius 2 is 1.86 bits per heavy atom. The zero-order valence-electron chi connectivity index (χ0n) is 15.8.